The van der Waals surface area contributed by atoms with Crippen LogP contribution in [0.5, 0.6) is 0 Å². The average molecular weight is 300 g/mol. The summed E-state index contributed by atoms with van der Waals surface area (Å²) in [6.07, 6.45) is 8.15. The van der Waals surface area contributed by atoms with Gasteiger partial charge in [0, 0.05) is 24.4 Å². The van der Waals surface area contributed by atoms with Gasteiger partial charge in [-0.05, 0) is 31.9 Å². The van der Waals surface area contributed by atoms with Crippen molar-refractivity contribution in [3.05, 3.63) is 0 Å². The van der Waals surface area contributed by atoms with Crippen LogP contribution in [0.3, 0.4) is 0 Å². The highest BCUT2D eigenvalue weighted by Crippen LogP contribution is 2.27. The number of hydrogen-bond acceptors (Lipinski definition) is 3. The van der Waals surface area contributed by atoms with Gasteiger partial charge in [-0.25, -0.2) is 4.79 Å². The van der Waals surface area contributed by atoms with Crippen LogP contribution in [0.2, 0.25) is 0 Å². The largest absolute Gasteiger partial charge is 0.481 e. The third kappa shape index (κ3) is 3.81. The molecule has 2 unspecified atom stereocenters. The Kier molecular flexibility index (Phi) is 5.57. The first-order valence-corrected chi connectivity index (χ1v) is 8.71. The fourth-order valence-electron chi connectivity index (χ4n) is 3.16. The number of urea groups is 1. The molecule has 3 atom stereocenters. The van der Waals surface area contributed by atoms with E-state index < -0.39 is 11.9 Å². The van der Waals surface area contributed by atoms with Crippen LogP contribution in [0.4, 0.5) is 4.79 Å². The third-order valence-electron chi connectivity index (χ3n) is 4.37. The summed E-state index contributed by atoms with van der Waals surface area (Å²) in [7, 11) is 0. The van der Waals surface area contributed by atoms with Gasteiger partial charge < -0.3 is 15.3 Å². The van der Waals surface area contributed by atoms with E-state index in [4.69, 9.17) is 5.11 Å². The van der Waals surface area contributed by atoms with E-state index in [9.17, 15) is 9.59 Å². The third-order valence-corrected chi connectivity index (χ3v) is 5.54. The number of hydrogen-bond donors (Lipinski definition) is 2. The highest BCUT2D eigenvalue weighted by Gasteiger charge is 2.31. The zero-order chi connectivity index (χ0) is 14.5. The minimum atomic E-state index is -0.790. The molecule has 2 N–H and O–H groups in total. The number of likely N-dealkylation sites (tertiary alicyclic amines) is 1. The minimum Gasteiger partial charge on any atom is -0.481 e. The second-order valence-corrected chi connectivity index (χ2v) is 6.81. The molecule has 1 heterocycles. The Labute approximate surface area is 124 Å². The molecule has 5 nitrogen and oxygen atoms in total. The van der Waals surface area contributed by atoms with Crippen molar-refractivity contribution in [3.63, 3.8) is 0 Å². The number of carbonyl (C=O) groups excluding carboxylic acids is 1. The SMILES string of the molecule is CSC1CCCCC1NC(=O)N1CCC[C@@H](C(=O)O)C1. The van der Waals surface area contributed by atoms with Gasteiger partial charge in [0.2, 0.25) is 0 Å². The van der Waals surface area contributed by atoms with Crippen LogP contribution in [0, 0.1) is 5.92 Å². The molecule has 0 radical (unpaired) electrons. The Hall–Kier alpha value is -0.910. The summed E-state index contributed by atoms with van der Waals surface area (Å²) in [4.78, 5) is 25.0. The summed E-state index contributed by atoms with van der Waals surface area (Å²) >= 11 is 1.82. The molecule has 2 aliphatic rings. The molecule has 1 saturated carbocycles. The van der Waals surface area contributed by atoms with Crippen molar-refractivity contribution in [2.24, 2.45) is 5.92 Å². The van der Waals surface area contributed by atoms with Gasteiger partial charge in [-0.1, -0.05) is 12.8 Å². The monoisotopic (exact) mass is 300 g/mol. The molecule has 2 amide bonds. The maximum atomic E-state index is 12.3. The predicted molar refractivity (Wildman–Crippen MR) is 80.0 cm³/mol. The topological polar surface area (TPSA) is 69.6 Å². The number of piperidine rings is 1. The van der Waals surface area contributed by atoms with E-state index in [2.05, 4.69) is 11.6 Å². The molecule has 0 aromatic carbocycles. The summed E-state index contributed by atoms with van der Waals surface area (Å²) in [6, 6.07) is 0.151. The van der Waals surface area contributed by atoms with Gasteiger partial charge in [-0.2, -0.15) is 11.8 Å². The van der Waals surface area contributed by atoms with Crippen molar-refractivity contribution in [3.8, 4) is 0 Å². The smallest absolute Gasteiger partial charge is 0.317 e. The lowest BCUT2D eigenvalue weighted by atomic mass is 9.94. The molecule has 2 rings (SSSR count). The van der Waals surface area contributed by atoms with Gasteiger partial charge in [0.05, 0.1) is 5.92 Å². The van der Waals surface area contributed by atoms with E-state index in [0.717, 1.165) is 19.3 Å². The van der Waals surface area contributed by atoms with Gasteiger partial charge in [0.15, 0.2) is 0 Å². The molecule has 6 heteroatoms. The Morgan fingerprint density at radius 3 is 2.65 bits per heavy atom. The van der Waals surface area contributed by atoms with Crippen LogP contribution in [-0.4, -0.2) is 52.6 Å². The molecular weight excluding hydrogens is 276 g/mol. The maximum Gasteiger partial charge on any atom is 0.317 e. The normalized spacial score (nSPS) is 30.9. The molecule has 0 spiro atoms. The first-order chi connectivity index (χ1) is 9.61. The number of aliphatic carboxylic acids is 1. The molecular formula is C14H24N2O3S. The van der Waals surface area contributed by atoms with E-state index >= 15 is 0 Å². The van der Waals surface area contributed by atoms with Crippen LogP contribution >= 0.6 is 11.8 Å². The lowest BCUT2D eigenvalue weighted by molar-refractivity contribution is -0.143. The van der Waals surface area contributed by atoms with E-state index in [-0.39, 0.29) is 12.1 Å². The number of rotatable bonds is 3. The van der Waals surface area contributed by atoms with Crippen LogP contribution < -0.4 is 5.32 Å². The molecule has 1 aliphatic heterocycles. The van der Waals surface area contributed by atoms with Crippen LogP contribution in [-0.2, 0) is 4.79 Å². The Balaban J connectivity index is 1.88. The van der Waals surface area contributed by atoms with Crippen LogP contribution in [0.25, 0.3) is 0 Å². The van der Waals surface area contributed by atoms with Crippen LogP contribution in [0.15, 0.2) is 0 Å². The van der Waals surface area contributed by atoms with Crippen molar-refractivity contribution < 1.29 is 14.7 Å². The molecule has 1 saturated heterocycles. The van der Waals surface area contributed by atoms with Crippen molar-refractivity contribution in [2.75, 3.05) is 19.3 Å². The fraction of sp³-hybridized carbons (Fsp3) is 0.857. The molecule has 0 bridgehead atoms. The summed E-state index contributed by atoms with van der Waals surface area (Å²) in [5.41, 5.74) is 0. The number of thioether (sulfide) groups is 1. The fourth-order valence-corrected chi connectivity index (χ4v) is 4.09. The lowest BCUT2D eigenvalue weighted by Gasteiger charge is -2.35. The van der Waals surface area contributed by atoms with Crippen molar-refractivity contribution in [2.45, 2.75) is 49.8 Å². The van der Waals surface area contributed by atoms with E-state index in [1.807, 2.05) is 11.8 Å². The van der Waals surface area contributed by atoms with Gasteiger partial charge in [0.25, 0.3) is 0 Å². The number of carboxylic acid groups (broad SMARTS) is 1. The molecule has 0 aromatic rings. The Morgan fingerprint density at radius 2 is 1.95 bits per heavy atom. The van der Waals surface area contributed by atoms with Crippen molar-refractivity contribution in [1.29, 1.82) is 0 Å². The highest BCUT2D eigenvalue weighted by atomic mass is 32.2. The average Bonchev–Trinajstić information content (AvgIpc) is 2.48. The molecule has 1 aliphatic carbocycles. The first kappa shape index (κ1) is 15.5. The van der Waals surface area contributed by atoms with Gasteiger partial charge in [-0.15, -0.1) is 0 Å². The zero-order valence-corrected chi connectivity index (χ0v) is 12.8. The van der Waals surface area contributed by atoms with Crippen molar-refractivity contribution in [1.82, 2.24) is 10.2 Å². The lowest BCUT2D eigenvalue weighted by Crippen LogP contribution is -2.52. The highest BCUT2D eigenvalue weighted by molar-refractivity contribution is 7.99. The molecule has 0 aromatic heterocycles. The number of nitrogens with one attached hydrogen (secondary N) is 1. The second-order valence-electron chi connectivity index (χ2n) is 5.74. The van der Waals surface area contributed by atoms with E-state index in [1.165, 1.54) is 12.8 Å². The summed E-state index contributed by atoms with van der Waals surface area (Å²) < 4.78 is 0. The van der Waals surface area contributed by atoms with Gasteiger partial charge in [0.1, 0.15) is 0 Å². The quantitative estimate of drug-likeness (QED) is 0.838. The number of carboxylic acids is 1. The van der Waals surface area contributed by atoms with E-state index in [0.29, 0.717) is 24.8 Å². The molecule has 20 heavy (non-hydrogen) atoms. The molecule has 2 fully saturated rings. The first-order valence-electron chi connectivity index (χ1n) is 7.43. The maximum absolute atomic E-state index is 12.3. The minimum absolute atomic E-state index is 0.0816. The summed E-state index contributed by atoms with van der Waals surface area (Å²) in [5.74, 6) is -1.20. The van der Waals surface area contributed by atoms with Crippen molar-refractivity contribution >= 4 is 23.8 Å². The second kappa shape index (κ2) is 7.20. The summed E-state index contributed by atoms with van der Waals surface area (Å²) in [5, 5.41) is 12.7. The Bertz CT molecular complexity index is 364. The number of nitrogens with zero attached hydrogens (tertiary/aromatic N) is 1. The summed E-state index contributed by atoms with van der Waals surface area (Å²) in [6.45, 7) is 1.02. The number of carbonyl (C=O) groups is 2. The predicted octanol–water partition coefficient (Wildman–Crippen LogP) is 2.17. The standard InChI is InChI=1S/C14H24N2O3S/c1-20-12-7-3-2-6-11(12)15-14(19)16-8-4-5-10(9-16)13(17)18/h10-12H,2-9H2,1H3,(H,15,19)(H,17,18)/t10-,11?,12?/m1/s1. The zero-order valence-electron chi connectivity index (χ0n) is 12.0. The molecule has 114 valence electrons. The van der Waals surface area contributed by atoms with Gasteiger partial charge in [-0.3, -0.25) is 4.79 Å². The van der Waals surface area contributed by atoms with Crippen LogP contribution in [0.1, 0.15) is 38.5 Å². The Morgan fingerprint density at radius 1 is 1.20 bits per heavy atom. The number of amides is 2. The van der Waals surface area contributed by atoms with Gasteiger partial charge >= 0.3 is 12.0 Å². The van der Waals surface area contributed by atoms with E-state index in [1.54, 1.807) is 4.90 Å².